The summed E-state index contributed by atoms with van der Waals surface area (Å²) in [6.07, 6.45) is 0. The third-order valence-electron chi connectivity index (χ3n) is 9.16. The van der Waals surface area contributed by atoms with E-state index in [2.05, 4.69) is 121 Å². The van der Waals surface area contributed by atoms with Gasteiger partial charge in [0.25, 0.3) is 0 Å². The lowest BCUT2D eigenvalue weighted by atomic mass is 9.87. The summed E-state index contributed by atoms with van der Waals surface area (Å²) in [4.78, 5) is 0. The highest BCUT2D eigenvalue weighted by Gasteiger charge is 2.20. The molecule has 0 fully saturated rings. The lowest BCUT2D eigenvalue weighted by molar-refractivity contribution is 0.406. The van der Waals surface area contributed by atoms with Gasteiger partial charge in [0.2, 0.25) is 0 Å². The highest BCUT2D eigenvalue weighted by atomic mass is 16.5. The second-order valence-electron chi connectivity index (χ2n) is 11.2. The summed E-state index contributed by atoms with van der Waals surface area (Å²) in [6.45, 7) is 0. The van der Waals surface area contributed by atoms with Crippen molar-refractivity contribution in [2.45, 2.75) is 0 Å². The fourth-order valence-corrected chi connectivity index (χ4v) is 7.26. The minimum atomic E-state index is 0.825. The van der Waals surface area contributed by atoms with Crippen molar-refractivity contribution < 1.29 is 9.47 Å². The molecule has 0 atom stereocenters. The summed E-state index contributed by atoms with van der Waals surface area (Å²) in [5.41, 5.74) is 4.32. The van der Waals surface area contributed by atoms with Crippen LogP contribution >= 0.6 is 0 Å². The molecule has 42 heavy (non-hydrogen) atoms. The van der Waals surface area contributed by atoms with E-state index in [0.717, 1.165) is 33.8 Å². The predicted molar refractivity (Wildman–Crippen MR) is 178 cm³/mol. The van der Waals surface area contributed by atoms with Gasteiger partial charge in [-0.05, 0) is 87.9 Å². The van der Waals surface area contributed by atoms with Crippen molar-refractivity contribution in [2.75, 3.05) is 14.2 Å². The fourth-order valence-electron chi connectivity index (χ4n) is 7.26. The van der Waals surface area contributed by atoms with Crippen LogP contribution in [0.15, 0.2) is 121 Å². The average Bonchev–Trinajstić information content (AvgIpc) is 3.05. The smallest absolute Gasteiger partial charge is 0.127 e. The highest BCUT2D eigenvalue weighted by Crippen LogP contribution is 2.47. The molecule has 198 valence electrons. The number of hydrogen-bond donors (Lipinski definition) is 0. The molecule has 0 aromatic heterocycles. The molecular formula is C40H26O2. The van der Waals surface area contributed by atoms with Gasteiger partial charge < -0.3 is 9.47 Å². The van der Waals surface area contributed by atoms with E-state index in [1.54, 1.807) is 14.2 Å². The van der Waals surface area contributed by atoms with Crippen molar-refractivity contribution in [1.29, 1.82) is 0 Å². The van der Waals surface area contributed by atoms with Crippen molar-refractivity contribution in [3.8, 4) is 33.8 Å². The lowest BCUT2D eigenvalue weighted by Gasteiger charge is -2.20. The molecule has 0 aliphatic carbocycles. The van der Waals surface area contributed by atoms with Gasteiger partial charge in [-0.15, -0.1) is 0 Å². The van der Waals surface area contributed by atoms with Crippen molar-refractivity contribution in [2.24, 2.45) is 0 Å². The Kier molecular flexibility index (Phi) is 4.77. The van der Waals surface area contributed by atoms with Crippen LogP contribution in [0.2, 0.25) is 0 Å². The Morgan fingerprint density at radius 2 is 0.667 bits per heavy atom. The van der Waals surface area contributed by atoms with Gasteiger partial charge in [-0.1, -0.05) is 109 Å². The summed E-state index contributed by atoms with van der Waals surface area (Å²) in [5, 5.41) is 15.2. The quantitative estimate of drug-likeness (QED) is 0.208. The summed E-state index contributed by atoms with van der Waals surface area (Å²) >= 11 is 0. The summed E-state index contributed by atoms with van der Waals surface area (Å²) in [6, 6.07) is 44.1. The normalized spacial score (nSPS) is 12.0. The van der Waals surface area contributed by atoms with E-state index >= 15 is 0 Å². The van der Waals surface area contributed by atoms with E-state index in [9.17, 15) is 0 Å². The molecule has 2 heteroatoms. The summed E-state index contributed by atoms with van der Waals surface area (Å²) in [7, 11) is 3.52. The van der Waals surface area contributed by atoms with Crippen LogP contribution in [-0.2, 0) is 0 Å². The topological polar surface area (TPSA) is 18.5 Å². The SMILES string of the molecule is COc1cc(-c2ccc3ccc4cccc5ccc2c3c45)c(OC)cc1-c1ccc2ccc3cccc4ccc1c2c34. The van der Waals surface area contributed by atoms with Gasteiger partial charge in [-0.25, -0.2) is 0 Å². The van der Waals surface area contributed by atoms with Crippen molar-refractivity contribution >= 4 is 64.6 Å². The van der Waals surface area contributed by atoms with Gasteiger partial charge in [0.15, 0.2) is 0 Å². The molecule has 0 saturated carbocycles. The first-order chi connectivity index (χ1) is 20.7. The number of benzene rings is 9. The molecule has 0 amide bonds. The molecule has 0 aliphatic heterocycles. The summed E-state index contributed by atoms with van der Waals surface area (Å²) in [5.74, 6) is 1.65. The Hall–Kier alpha value is -5.34. The van der Waals surface area contributed by atoms with Crippen LogP contribution in [-0.4, -0.2) is 14.2 Å². The molecule has 0 radical (unpaired) electrons. The van der Waals surface area contributed by atoms with Crippen LogP contribution in [0.1, 0.15) is 0 Å². The highest BCUT2D eigenvalue weighted by molar-refractivity contribution is 6.27. The maximum atomic E-state index is 6.12. The number of hydrogen-bond acceptors (Lipinski definition) is 2. The summed E-state index contributed by atoms with van der Waals surface area (Å²) < 4.78 is 12.2. The molecule has 0 unspecified atom stereocenters. The van der Waals surface area contributed by atoms with E-state index < -0.39 is 0 Å². The minimum absolute atomic E-state index is 0.825. The minimum Gasteiger partial charge on any atom is -0.496 e. The molecular weight excluding hydrogens is 512 g/mol. The monoisotopic (exact) mass is 538 g/mol. The Labute approximate surface area is 243 Å². The van der Waals surface area contributed by atoms with Gasteiger partial charge in [-0.2, -0.15) is 0 Å². The fraction of sp³-hybridized carbons (Fsp3) is 0.0500. The first-order valence-electron chi connectivity index (χ1n) is 14.3. The van der Waals surface area contributed by atoms with E-state index in [1.165, 1.54) is 64.6 Å². The van der Waals surface area contributed by atoms with Crippen LogP contribution in [0, 0.1) is 0 Å². The Balaban J connectivity index is 1.32. The second-order valence-corrected chi connectivity index (χ2v) is 11.2. The molecule has 0 aliphatic rings. The van der Waals surface area contributed by atoms with Crippen molar-refractivity contribution in [3.05, 3.63) is 121 Å². The molecule has 9 rings (SSSR count). The van der Waals surface area contributed by atoms with Crippen molar-refractivity contribution in [1.82, 2.24) is 0 Å². The zero-order valence-electron chi connectivity index (χ0n) is 23.4. The molecule has 9 aromatic carbocycles. The van der Waals surface area contributed by atoms with Gasteiger partial charge in [0.1, 0.15) is 11.5 Å². The standard InChI is InChI=1S/C40H26O2/c1-41-35-21-34(30-18-14-28-12-10-24-6-4-8-26-16-20-32(30)40(28)38(24)26)36(42-2)22-33(35)29-17-13-27-11-9-23-5-3-7-25-15-19-31(29)39(27)37(23)25/h3-22H,1-2H3. The van der Waals surface area contributed by atoms with Crippen LogP contribution in [0.4, 0.5) is 0 Å². The molecule has 0 saturated heterocycles. The molecule has 0 bridgehead atoms. The molecule has 0 heterocycles. The van der Waals surface area contributed by atoms with Gasteiger partial charge >= 0.3 is 0 Å². The van der Waals surface area contributed by atoms with Crippen LogP contribution in [0.25, 0.3) is 86.9 Å². The van der Waals surface area contributed by atoms with Crippen LogP contribution < -0.4 is 9.47 Å². The van der Waals surface area contributed by atoms with Gasteiger partial charge in [0, 0.05) is 11.1 Å². The van der Waals surface area contributed by atoms with Gasteiger partial charge in [0.05, 0.1) is 14.2 Å². The average molecular weight is 539 g/mol. The number of ether oxygens (including phenoxy) is 2. The third-order valence-corrected chi connectivity index (χ3v) is 9.16. The van der Waals surface area contributed by atoms with E-state index in [4.69, 9.17) is 9.47 Å². The van der Waals surface area contributed by atoms with Crippen LogP contribution in [0.5, 0.6) is 11.5 Å². The zero-order valence-corrected chi connectivity index (χ0v) is 23.4. The van der Waals surface area contributed by atoms with Crippen LogP contribution in [0.3, 0.4) is 0 Å². The lowest BCUT2D eigenvalue weighted by Crippen LogP contribution is -1.96. The van der Waals surface area contributed by atoms with Crippen molar-refractivity contribution in [3.63, 3.8) is 0 Å². The maximum Gasteiger partial charge on any atom is 0.127 e. The maximum absolute atomic E-state index is 6.12. The number of methoxy groups -OCH3 is 2. The van der Waals surface area contributed by atoms with E-state index in [-0.39, 0.29) is 0 Å². The third kappa shape index (κ3) is 3.09. The molecule has 9 aromatic rings. The molecule has 0 spiro atoms. The van der Waals surface area contributed by atoms with E-state index in [1.807, 2.05) is 0 Å². The Bertz CT molecular complexity index is 2280. The Morgan fingerprint density at radius 1 is 0.333 bits per heavy atom. The Morgan fingerprint density at radius 3 is 1.05 bits per heavy atom. The first kappa shape index (κ1) is 23.4. The second kappa shape index (κ2) is 8.58. The number of rotatable bonds is 4. The zero-order chi connectivity index (χ0) is 27.9. The largest absolute Gasteiger partial charge is 0.496 e. The molecule has 2 nitrogen and oxygen atoms in total. The predicted octanol–water partition coefficient (Wildman–Crippen LogP) is 10.8. The first-order valence-corrected chi connectivity index (χ1v) is 14.3. The van der Waals surface area contributed by atoms with Gasteiger partial charge in [-0.3, -0.25) is 0 Å². The molecule has 0 N–H and O–H groups in total. The van der Waals surface area contributed by atoms with E-state index in [0.29, 0.717) is 0 Å².